The topological polar surface area (TPSA) is 40.5 Å². The van der Waals surface area contributed by atoms with E-state index in [1.54, 1.807) is 5.57 Å². The van der Waals surface area contributed by atoms with Crippen LogP contribution < -0.4 is 0 Å². The summed E-state index contributed by atoms with van der Waals surface area (Å²) in [6.07, 6.45) is 26.8. The molecule has 2 heteroatoms. The van der Waals surface area contributed by atoms with Gasteiger partial charge in [-0.15, -0.1) is 13.2 Å². The van der Waals surface area contributed by atoms with E-state index in [1.807, 2.05) is 27.7 Å². The highest BCUT2D eigenvalue weighted by Gasteiger charge is 2.31. The van der Waals surface area contributed by atoms with Crippen molar-refractivity contribution in [2.75, 3.05) is 0 Å². The molecule has 2 nitrogen and oxygen atoms in total. The van der Waals surface area contributed by atoms with Crippen LogP contribution in [0, 0.1) is 46.3 Å². The molecule has 0 aromatic rings. The molecule has 0 aromatic heterocycles. The Labute approximate surface area is 288 Å². The lowest BCUT2D eigenvalue weighted by atomic mass is 9.69. The van der Waals surface area contributed by atoms with Gasteiger partial charge < -0.3 is 10.2 Å². The van der Waals surface area contributed by atoms with Crippen LogP contribution in [0.4, 0.5) is 0 Å². The van der Waals surface area contributed by atoms with Gasteiger partial charge in [-0.05, 0) is 152 Å². The Bertz CT molecular complexity index is 933. The molecule has 46 heavy (non-hydrogen) atoms. The maximum atomic E-state index is 9.73. The summed E-state index contributed by atoms with van der Waals surface area (Å²) in [5, 5.41) is 19.4. The molecule has 0 radical (unpaired) electrons. The molecule has 0 spiro atoms. The van der Waals surface area contributed by atoms with Gasteiger partial charge in [-0.3, -0.25) is 0 Å². The predicted octanol–water partition coefficient (Wildman–Crippen LogP) is 13.1. The summed E-state index contributed by atoms with van der Waals surface area (Å²) in [5.74, 6) is 4.53. The van der Waals surface area contributed by atoms with Crippen LogP contribution in [0.3, 0.4) is 0 Å². The van der Waals surface area contributed by atoms with Gasteiger partial charge >= 0.3 is 0 Å². The summed E-state index contributed by atoms with van der Waals surface area (Å²) in [7, 11) is 0. The van der Waals surface area contributed by atoms with E-state index in [9.17, 15) is 10.2 Å². The number of aliphatic hydroxyl groups is 2. The van der Waals surface area contributed by atoms with Crippen LogP contribution >= 0.6 is 0 Å². The van der Waals surface area contributed by atoms with E-state index in [4.69, 9.17) is 0 Å². The molecular weight excluding hydrogens is 560 g/mol. The van der Waals surface area contributed by atoms with Crippen molar-refractivity contribution in [3.05, 3.63) is 48.6 Å². The third kappa shape index (κ3) is 15.9. The van der Waals surface area contributed by atoms with Crippen molar-refractivity contribution in [1.82, 2.24) is 0 Å². The molecular formula is C44H80O2. The molecule has 0 saturated heterocycles. The van der Waals surface area contributed by atoms with Gasteiger partial charge in [-0.1, -0.05) is 103 Å². The zero-order chi connectivity index (χ0) is 35.3. The molecule has 4 aliphatic carbocycles. The summed E-state index contributed by atoms with van der Waals surface area (Å²) < 4.78 is 0. The highest BCUT2D eigenvalue weighted by Crippen LogP contribution is 2.41. The van der Waals surface area contributed by atoms with Crippen LogP contribution in [-0.4, -0.2) is 21.4 Å². The smallest absolute Gasteiger partial charge is 0.0622 e. The van der Waals surface area contributed by atoms with E-state index in [0.29, 0.717) is 22.7 Å². The van der Waals surface area contributed by atoms with Gasteiger partial charge in [0.25, 0.3) is 0 Å². The van der Waals surface area contributed by atoms with E-state index in [-0.39, 0.29) is 0 Å². The molecule has 0 aliphatic heterocycles. The average molecular weight is 641 g/mol. The van der Waals surface area contributed by atoms with Crippen LogP contribution in [0.2, 0.25) is 0 Å². The van der Waals surface area contributed by atoms with Crippen molar-refractivity contribution < 1.29 is 10.2 Å². The summed E-state index contributed by atoms with van der Waals surface area (Å²) in [6, 6.07) is 0. The highest BCUT2D eigenvalue weighted by atomic mass is 16.3. The first kappa shape index (κ1) is 42.9. The second-order valence-corrected chi connectivity index (χ2v) is 18.3. The quantitative estimate of drug-likeness (QED) is 0.284. The van der Waals surface area contributed by atoms with Gasteiger partial charge in [0.05, 0.1) is 11.2 Å². The summed E-state index contributed by atoms with van der Waals surface area (Å²) in [5.41, 5.74) is 2.78. The Morgan fingerprint density at radius 1 is 0.522 bits per heavy atom. The zero-order valence-corrected chi connectivity index (χ0v) is 33.0. The number of allylic oxidation sites excluding steroid dienone is 6. The summed E-state index contributed by atoms with van der Waals surface area (Å²) >= 11 is 0. The van der Waals surface area contributed by atoms with Crippen molar-refractivity contribution in [1.29, 1.82) is 0 Å². The first-order valence-electron chi connectivity index (χ1n) is 19.2. The fourth-order valence-corrected chi connectivity index (χ4v) is 7.55. The Kier molecular flexibility index (Phi) is 17.9. The maximum absolute atomic E-state index is 9.73. The third-order valence-corrected chi connectivity index (χ3v) is 12.5. The lowest BCUT2D eigenvalue weighted by Crippen LogP contribution is -2.33. The molecule has 0 heterocycles. The van der Waals surface area contributed by atoms with Crippen LogP contribution in [0.15, 0.2) is 48.6 Å². The van der Waals surface area contributed by atoms with Crippen LogP contribution in [-0.2, 0) is 0 Å². The van der Waals surface area contributed by atoms with Gasteiger partial charge in [-0.25, -0.2) is 0 Å². The molecule has 2 atom stereocenters. The van der Waals surface area contributed by atoms with Gasteiger partial charge in [0, 0.05) is 0 Å². The van der Waals surface area contributed by atoms with Crippen molar-refractivity contribution in [3.63, 3.8) is 0 Å². The normalized spacial score (nSPS) is 29.2. The number of rotatable bonds is 6. The second-order valence-electron chi connectivity index (χ2n) is 18.3. The minimum Gasteiger partial charge on any atom is -0.390 e. The molecule has 2 fully saturated rings. The van der Waals surface area contributed by atoms with Crippen molar-refractivity contribution in [2.45, 2.75) is 184 Å². The summed E-state index contributed by atoms with van der Waals surface area (Å²) in [6.45, 7) is 33.8. The minimum atomic E-state index is -0.489. The van der Waals surface area contributed by atoms with Crippen molar-refractivity contribution in [3.8, 4) is 0 Å². The molecule has 4 aliphatic rings. The molecule has 0 bridgehead atoms. The largest absolute Gasteiger partial charge is 0.390 e. The lowest BCUT2D eigenvalue weighted by Gasteiger charge is -2.36. The fraction of sp³-hybridized carbons (Fsp3) is 0.818. The Morgan fingerprint density at radius 2 is 0.848 bits per heavy atom. The van der Waals surface area contributed by atoms with E-state index < -0.39 is 11.2 Å². The Morgan fingerprint density at radius 3 is 1.15 bits per heavy atom. The Balaban J connectivity index is 0.000000307. The monoisotopic (exact) mass is 641 g/mol. The van der Waals surface area contributed by atoms with Crippen LogP contribution in [0.5, 0.6) is 0 Å². The van der Waals surface area contributed by atoms with E-state index in [1.165, 1.54) is 76.2 Å². The van der Waals surface area contributed by atoms with Crippen molar-refractivity contribution >= 4 is 0 Å². The molecule has 268 valence electrons. The van der Waals surface area contributed by atoms with Gasteiger partial charge in [-0.2, -0.15) is 0 Å². The highest BCUT2D eigenvalue weighted by molar-refractivity contribution is 5.07. The van der Waals surface area contributed by atoms with Crippen LogP contribution in [0.1, 0.15) is 173 Å². The molecule has 0 aromatic carbocycles. The van der Waals surface area contributed by atoms with E-state index in [2.05, 4.69) is 92.9 Å². The maximum Gasteiger partial charge on any atom is 0.0622 e. The standard InChI is InChI=1S/C12H22.C12H20.C10H20O.C10H18O/c2*1-5-12(3,4)11-8-6-10(2)7-9-11;2*1-8-4-6-9(7-5-8)10(2,3)11/h5,10-11H,1,6-9H2,2-4H3;5-6,11H,1,7-9H2,2-4H3;8-9,11H,4-7H2,1-3H3;4,9,11H,5-7H2,1-3H3. The van der Waals surface area contributed by atoms with E-state index in [0.717, 1.165) is 42.9 Å². The third-order valence-electron chi connectivity index (χ3n) is 12.5. The first-order chi connectivity index (χ1) is 21.1. The second kappa shape index (κ2) is 19.2. The Hall–Kier alpha value is -1.12. The predicted molar refractivity (Wildman–Crippen MR) is 205 cm³/mol. The molecule has 4 rings (SSSR count). The molecule has 2 N–H and O–H groups in total. The molecule has 2 saturated carbocycles. The number of hydrogen-bond acceptors (Lipinski definition) is 2. The molecule has 0 amide bonds. The average Bonchev–Trinajstić information content (AvgIpc) is 2.98. The fourth-order valence-electron chi connectivity index (χ4n) is 7.55. The lowest BCUT2D eigenvalue weighted by molar-refractivity contribution is -0.00468. The number of hydrogen-bond donors (Lipinski definition) is 2. The van der Waals surface area contributed by atoms with Gasteiger partial charge in [0.2, 0.25) is 0 Å². The van der Waals surface area contributed by atoms with E-state index >= 15 is 0 Å². The first-order valence-corrected chi connectivity index (χ1v) is 19.2. The van der Waals surface area contributed by atoms with Gasteiger partial charge in [0.15, 0.2) is 0 Å². The SMILES string of the molecule is C=CC(C)(C)C1CC=C(C)CC1.C=CC(C)(C)C1CCC(C)CC1.CC1=CCC(C(C)(C)O)CC1.CC1CCC(C(C)(C)O)CC1. The van der Waals surface area contributed by atoms with Gasteiger partial charge in [0.1, 0.15) is 0 Å². The summed E-state index contributed by atoms with van der Waals surface area (Å²) in [4.78, 5) is 0. The minimum absolute atomic E-state index is 0.317. The van der Waals surface area contributed by atoms with Crippen molar-refractivity contribution in [2.24, 2.45) is 46.3 Å². The molecule has 2 unspecified atom stereocenters. The van der Waals surface area contributed by atoms with Crippen LogP contribution in [0.25, 0.3) is 0 Å². The zero-order valence-electron chi connectivity index (χ0n) is 33.0.